The number of benzene rings is 1. The van der Waals surface area contributed by atoms with E-state index < -0.39 is 0 Å². The average molecular weight is 276 g/mol. The van der Waals surface area contributed by atoms with E-state index in [-0.39, 0.29) is 17.9 Å². The number of nitrogens with zero attached hydrogens (tertiary/aromatic N) is 1. The maximum Gasteiger partial charge on any atom is 0.229 e. The third kappa shape index (κ3) is 3.29. The van der Waals surface area contributed by atoms with Gasteiger partial charge in [0.25, 0.3) is 0 Å². The fraction of sp³-hybridized carbons (Fsp3) is 0.467. The van der Waals surface area contributed by atoms with Crippen LogP contribution in [-0.4, -0.2) is 31.0 Å². The Bertz CT molecular complexity index is 484. The largest absolute Gasteiger partial charge is 0.494 e. The number of rotatable bonds is 5. The second-order valence-electron chi connectivity index (χ2n) is 4.75. The molecule has 108 valence electrons. The first-order valence-electron chi connectivity index (χ1n) is 6.96. The van der Waals surface area contributed by atoms with Crippen molar-refractivity contribution in [1.29, 1.82) is 0 Å². The van der Waals surface area contributed by atoms with Crippen LogP contribution in [0.15, 0.2) is 24.3 Å². The van der Waals surface area contributed by atoms with Crippen LogP contribution in [0.2, 0.25) is 0 Å². The summed E-state index contributed by atoms with van der Waals surface area (Å²) in [6, 6.07) is 7.34. The zero-order valence-electron chi connectivity index (χ0n) is 11.9. The molecule has 1 saturated heterocycles. The molecule has 1 aromatic rings. The summed E-state index contributed by atoms with van der Waals surface area (Å²) >= 11 is 0. The Morgan fingerprint density at radius 1 is 1.35 bits per heavy atom. The van der Waals surface area contributed by atoms with Crippen molar-refractivity contribution < 1.29 is 14.3 Å². The number of carbonyl (C=O) groups excluding carboxylic acids is 2. The molecule has 0 bridgehead atoms. The third-order valence-corrected chi connectivity index (χ3v) is 3.27. The standard InChI is InChI=1S/C15H20N2O3/c1-3-14(18)16-11-9-15(19)17(10-11)12-5-7-13(8-6-12)20-4-2/h5-8,11H,3-4,9-10H2,1-2H3,(H,16,18)/t11-/m0/s1. The van der Waals surface area contributed by atoms with Crippen molar-refractivity contribution in [3.63, 3.8) is 0 Å². The highest BCUT2D eigenvalue weighted by Gasteiger charge is 2.31. The molecule has 1 aliphatic heterocycles. The summed E-state index contributed by atoms with van der Waals surface area (Å²) in [4.78, 5) is 25.1. The first kappa shape index (κ1) is 14.4. The molecule has 1 aliphatic rings. The lowest BCUT2D eigenvalue weighted by Gasteiger charge is -2.17. The molecule has 20 heavy (non-hydrogen) atoms. The molecule has 5 heteroatoms. The van der Waals surface area contributed by atoms with Gasteiger partial charge in [-0.15, -0.1) is 0 Å². The van der Waals surface area contributed by atoms with Crippen molar-refractivity contribution in [2.24, 2.45) is 0 Å². The van der Waals surface area contributed by atoms with Gasteiger partial charge in [0, 0.05) is 25.1 Å². The summed E-state index contributed by atoms with van der Waals surface area (Å²) in [5, 5.41) is 2.86. The van der Waals surface area contributed by atoms with Crippen LogP contribution in [0.3, 0.4) is 0 Å². The monoisotopic (exact) mass is 276 g/mol. The van der Waals surface area contributed by atoms with Crippen LogP contribution in [-0.2, 0) is 9.59 Å². The summed E-state index contributed by atoms with van der Waals surface area (Å²) in [6.45, 7) is 4.88. The van der Waals surface area contributed by atoms with Crippen molar-refractivity contribution in [2.45, 2.75) is 32.7 Å². The smallest absolute Gasteiger partial charge is 0.229 e. The molecule has 0 aliphatic carbocycles. The van der Waals surface area contributed by atoms with Gasteiger partial charge in [-0.3, -0.25) is 9.59 Å². The molecule has 1 atom stereocenters. The lowest BCUT2D eigenvalue weighted by Crippen LogP contribution is -2.36. The molecule has 1 heterocycles. The number of amides is 2. The number of carbonyl (C=O) groups is 2. The van der Waals surface area contributed by atoms with Gasteiger partial charge in [-0.1, -0.05) is 6.92 Å². The third-order valence-electron chi connectivity index (χ3n) is 3.27. The molecule has 1 aromatic carbocycles. The quantitative estimate of drug-likeness (QED) is 0.890. The predicted molar refractivity (Wildman–Crippen MR) is 76.8 cm³/mol. The highest BCUT2D eigenvalue weighted by atomic mass is 16.5. The fourth-order valence-electron chi connectivity index (χ4n) is 2.27. The van der Waals surface area contributed by atoms with Gasteiger partial charge in [-0.05, 0) is 31.2 Å². The van der Waals surface area contributed by atoms with Gasteiger partial charge in [-0.25, -0.2) is 0 Å². The van der Waals surface area contributed by atoms with E-state index in [1.807, 2.05) is 31.2 Å². The highest BCUT2D eigenvalue weighted by molar-refractivity contribution is 5.96. The van der Waals surface area contributed by atoms with E-state index in [9.17, 15) is 9.59 Å². The molecule has 1 fully saturated rings. The minimum atomic E-state index is -0.0958. The molecule has 5 nitrogen and oxygen atoms in total. The van der Waals surface area contributed by atoms with Gasteiger partial charge in [0.2, 0.25) is 11.8 Å². The normalized spacial score (nSPS) is 18.2. The summed E-state index contributed by atoms with van der Waals surface area (Å²) in [5.41, 5.74) is 0.840. The van der Waals surface area contributed by atoms with Crippen molar-refractivity contribution in [3.05, 3.63) is 24.3 Å². The van der Waals surface area contributed by atoms with E-state index in [1.54, 1.807) is 11.8 Å². The van der Waals surface area contributed by atoms with Gasteiger partial charge >= 0.3 is 0 Å². The van der Waals surface area contributed by atoms with Crippen molar-refractivity contribution in [3.8, 4) is 5.75 Å². The number of anilines is 1. The average Bonchev–Trinajstić information content (AvgIpc) is 2.80. The van der Waals surface area contributed by atoms with Gasteiger partial charge < -0.3 is 15.0 Å². The molecule has 0 unspecified atom stereocenters. The van der Waals surface area contributed by atoms with Crippen LogP contribution in [0.4, 0.5) is 5.69 Å². The van der Waals surface area contributed by atoms with Crippen LogP contribution in [0, 0.1) is 0 Å². The van der Waals surface area contributed by atoms with Gasteiger partial charge in [-0.2, -0.15) is 0 Å². The second-order valence-corrected chi connectivity index (χ2v) is 4.75. The van der Waals surface area contributed by atoms with E-state index in [4.69, 9.17) is 4.74 Å². The number of nitrogens with one attached hydrogen (secondary N) is 1. The number of hydrogen-bond donors (Lipinski definition) is 1. The van der Waals surface area contributed by atoms with E-state index >= 15 is 0 Å². The number of ether oxygens (including phenoxy) is 1. The number of hydrogen-bond acceptors (Lipinski definition) is 3. The minimum absolute atomic E-state index is 0.0173. The summed E-state index contributed by atoms with van der Waals surface area (Å²) < 4.78 is 5.38. The highest BCUT2D eigenvalue weighted by Crippen LogP contribution is 2.24. The SMILES string of the molecule is CCOc1ccc(N2C[C@@H](NC(=O)CC)CC2=O)cc1. The summed E-state index contributed by atoms with van der Waals surface area (Å²) in [7, 11) is 0. The van der Waals surface area contributed by atoms with Crippen molar-refractivity contribution >= 4 is 17.5 Å². The van der Waals surface area contributed by atoms with Gasteiger partial charge in [0.15, 0.2) is 0 Å². The Morgan fingerprint density at radius 2 is 2.05 bits per heavy atom. The van der Waals surface area contributed by atoms with E-state index in [1.165, 1.54) is 0 Å². The molecule has 2 amide bonds. The van der Waals surface area contributed by atoms with Gasteiger partial charge in [0.05, 0.1) is 12.6 Å². The summed E-state index contributed by atoms with van der Waals surface area (Å²) in [5.74, 6) is 0.811. The molecule has 0 spiro atoms. The predicted octanol–water partition coefficient (Wildman–Crippen LogP) is 1.72. The Hall–Kier alpha value is -2.04. The molecular weight excluding hydrogens is 256 g/mol. The van der Waals surface area contributed by atoms with Crippen LogP contribution < -0.4 is 15.0 Å². The maximum atomic E-state index is 12.0. The van der Waals surface area contributed by atoms with E-state index in [2.05, 4.69) is 5.32 Å². The Kier molecular flexibility index (Phi) is 4.61. The first-order valence-corrected chi connectivity index (χ1v) is 6.96. The Balaban J connectivity index is 2.02. The molecular formula is C15H20N2O3. The van der Waals surface area contributed by atoms with Crippen LogP contribution in [0.5, 0.6) is 5.75 Å². The van der Waals surface area contributed by atoms with Crippen LogP contribution >= 0.6 is 0 Å². The Morgan fingerprint density at radius 3 is 2.65 bits per heavy atom. The molecule has 2 rings (SSSR count). The Labute approximate surface area is 118 Å². The maximum absolute atomic E-state index is 12.0. The topological polar surface area (TPSA) is 58.6 Å². The van der Waals surface area contributed by atoms with Crippen LogP contribution in [0.25, 0.3) is 0 Å². The van der Waals surface area contributed by atoms with Crippen LogP contribution in [0.1, 0.15) is 26.7 Å². The van der Waals surface area contributed by atoms with E-state index in [0.29, 0.717) is 26.0 Å². The first-order chi connectivity index (χ1) is 9.63. The zero-order chi connectivity index (χ0) is 14.5. The molecule has 0 aromatic heterocycles. The summed E-state index contributed by atoms with van der Waals surface area (Å²) in [6.07, 6.45) is 0.798. The molecule has 1 N–H and O–H groups in total. The van der Waals surface area contributed by atoms with E-state index in [0.717, 1.165) is 11.4 Å². The van der Waals surface area contributed by atoms with Crippen molar-refractivity contribution in [2.75, 3.05) is 18.1 Å². The van der Waals surface area contributed by atoms with Crippen molar-refractivity contribution in [1.82, 2.24) is 5.32 Å². The lowest BCUT2D eigenvalue weighted by atomic mass is 10.2. The second kappa shape index (κ2) is 6.41. The fourth-order valence-corrected chi connectivity index (χ4v) is 2.27. The van der Waals surface area contributed by atoms with Gasteiger partial charge in [0.1, 0.15) is 5.75 Å². The zero-order valence-corrected chi connectivity index (χ0v) is 11.9. The molecule has 0 saturated carbocycles. The molecule has 0 radical (unpaired) electrons. The lowest BCUT2D eigenvalue weighted by molar-refractivity contribution is -0.121. The minimum Gasteiger partial charge on any atom is -0.494 e.